The highest BCUT2D eigenvalue weighted by atomic mass is 16.2. The number of aromatic nitrogens is 2. The lowest BCUT2D eigenvalue weighted by Crippen LogP contribution is -2.42. The summed E-state index contributed by atoms with van der Waals surface area (Å²) in [5, 5.41) is 1.30. The van der Waals surface area contributed by atoms with E-state index in [1.54, 1.807) is 0 Å². The Bertz CT molecular complexity index is 1210. The van der Waals surface area contributed by atoms with Crippen LogP contribution in [-0.4, -0.2) is 26.5 Å². The van der Waals surface area contributed by atoms with Gasteiger partial charge in [-0.25, -0.2) is 0 Å². The molecule has 0 fully saturated rings. The molecule has 1 aliphatic heterocycles. The zero-order valence-corrected chi connectivity index (χ0v) is 15.7. The van der Waals surface area contributed by atoms with Gasteiger partial charge in [0.05, 0.1) is 17.1 Å². The standard InChI is InChI=1S/C23H21N3O2/c1-16-19-11-6-12-24(19)13-14-25(16)22(27)15-26-20-9-4-2-7-17(20)23(28)18-8-3-5-10-21(18)26/h2-12,16H,13-15H2,1H3/t16-/m1/s1. The molecule has 2 aromatic heterocycles. The van der Waals surface area contributed by atoms with Crippen molar-refractivity contribution in [2.24, 2.45) is 0 Å². The molecule has 5 rings (SSSR count). The molecule has 5 nitrogen and oxygen atoms in total. The van der Waals surface area contributed by atoms with E-state index < -0.39 is 0 Å². The molecule has 1 aliphatic rings. The molecule has 28 heavy (non-hydrogen) atoms. The third kappa shape index (κ3) is 2.47. The first-order valence-corrected chi connectivity index (χ1v) is 9.60. The van der Waals surface area contributed by atoms with E-state index in [9.17, 15) is 9.59 Å². The fourth-order valence-corrected chi connectivity index (χ4v) is 4.39. The molecule has 0 spiro atoms. The summed E-state index contributed by atoms with van der Waals surface area (Å²) in [4.78, 5) is 28.1. The van der Waals surface area contributed by atoms with Gasteiger partial charge in [0.2, 0.25) is 5.91 Å². The van der Waals surface area contributed by atoms with E-state index >= 15 is 0 Å². The van der Waals surface area contributed by atoms with Gasteiger partial charge in [-0.3, -0.25) is 9.59 Å². The smallest absolute Gasteiger partial charge is 0.243 e. The maximum Gasteiger partial charge on any atom is 0.243 e. The summed E-state index contributed by atoms with van der Waals surface area (Å²) in [6.45, 7) is 3.79. The lowest BCUT2D eigenvalue weighted by Gasteiger charge is -2.35. The van der Waals surface area contributed by atoms with Gasteiger partial charge in [-0.1, -0.05) is 24.3 Å². The summed E-state index contributed by atoms with van der Waals surface area (Å²) in [5.41, 5.74) is 2.77. The van der Waals surface area contributed by atoms with Gasteiger partial charge in [0.15, 0.2) is 5.43 Å². The van der Waals surface area contributed by atoms with E-state index in [4.69, 9.17) is 0 Å². The Morgan fingerprint density at radius 3 is 2.25 bits per heavy atom. The highest BCUT2D eigenvalue weighted by Crippen LogP contribution is 2.26. The van der Waals surface area contributed by atoms with Crippen LogP contribution in [0.15, 0.2) is 71.7 Å². The van der Waals surface area contributed by atoms with Crippen molar-refractivity contribution in [2.75, 3.05) is 6.54 Å². The number of hydrogen-bond donors (Lipinski definition) is 0. The Labute approximate surface area is 162 Å². The predicted octanol–water partition coefficient (Wildman–Crippen LogP) is 3.56. The number of pyridine rings is 1. The van der Waals surface area contributed by atoms with E-state index in [1.165, 1.54) is 0 Å². The minimum absolute atomic E-state index is 0.0130. The molecule has 0 aliphatic carbocycles. The topological polar surface area (TPSA) is 47.2 Å². The first-order chi connectivity index (χ1) is 13.6. The molecule has 1 atom stereocenters. The predicted molar refractivity (Wildman–Crippen MR) is 110 cm³/mol. The summed E-state index contributed by atoms with van der Waals surface area (Å²) in [7, 11) is 0. The zero-order valence-electron chi connectivity index (χ0n) is 15.7. The first kappa shape index (κ1) is 16.8. The monoisotopic (exact) mass is 371 g/mol. The van der Waals surface area contributed by atoms with Crippen LogP contribution in [0.5, 0.6) is 0 Å². The third-order valence-electron chi connectivity index (χ3n) is 5.83. The summed E-state index contributed by atoms with van der Waals surface area (Å²) >= 11 is 0. The van der Waals surface area contributed by atoms with Gasteiger partial charge in [-0.05, 0) is 43.3 Å². The van der Waals surface area contributed by atoms with Gasteiger partial charge in [-0.2, -0.15) is 0 Å². The van der Waals surface area contributed by atoms with Crippen LogP contribution in [0.3, 0.4) is 0 Å². The van der Waals surface area contributed by atoms with Gasteiger partial charge in [0.25, 0.3) is 0 Å². The molecular weight excluding hydrogens is 350 g/mol. The van der Waals surface area contributed by atoms with E-state index in [0.717, 1.165) is 23.3 Å². The molecule has 2 aromatic carbocycles. The second-order valence-electron chi connectivity index (χ2n) is 7.34. The summed E-state index contributed by atoms with van der Waals surface area (Å²) in [6, 6.07) is 19.2. The van der Waals surface area contributed by atoms with Crippen molar-refractivity contribution in [1.82, 2.24) is 14.0 Å². The molecule has 0 saturated carbocycles. The Kier molecular flexibility index (Phi) is 3.83. The van der Waals surface area contributed by atoms with E-state index in [-0.39, 0.29) is 23.9 Å². The fourth-order valence-electron chi connectivity index (χ4n) is 4.39. The number of hydrogen-bond acceptors (Lipinski definition) is 2. The molecule has 0 bridgehead atoms. The molecule has 0 radical (unpaired) electrons. The number of carbonyl (C=O) groups excluding carboxylic acids is 1. The molecule has 3 heterocycles. The molecular formula is C23H21N3O2. The quantitative estimate of drug-likeness (QED) is 0.506. The third-order valence-corrected chi connectivity index (χ3v) is 5.83. The van der Waals surface area contributed by atoms with E-state index in [0.29, 0.717) is 17.3 Å². The summed E-state index contributed by atoms with van der Waals surface area (Å²) < 4.78 is 4.19. The van der Waals surface area contributed by atoms with Crippen LogP contribution in [0.2, 0.25) is 0 Å². The second-order valence-corrected chi connectivity index (χ2v) is 7.34. The number of carbonyl (C=O) groups is 1. The Hall–Kier alpha value is -3.34. The molecule has 0 saturated heterocycles. The van der Waals surface area contributed by atoms with E-state index in [1.807, 2.05) is 64.1 Å². The van der Waals surface area contributed by atoms with Crippen molar-refractivity contribution in [3.05, 3.63) is 82.8 Å². The zero-order chi connectivity index (χ0) is 19.3. The van der Waals surface area contributed by atoms with Crippen LogP contribution in [0, 0.1) is 0 Å². The van der Waals surface area contributed by atoms with Crippen LogP contribution in [0.4, 0.5) is 0 Å². The van der Waals surface area contributed by atoms with Crippen LogP contribution < -0.4 is 5.43 Å². The first-order valence-electron chi connectivity index (χ1n) is 9.60. The van der Waals surface area contributed by atoms with Crippen LogP contribution in [-0.2, 0) is 17.9 Å². The van der Waals surface area contributed by atoms with Crippen LogP contribution in [0.25, 0.3) is 21.8 Å². The van der Waals surface area contributed by atoms with Gasteiger partial charge >= 0.3 is 0 Å². The second kappa shape index (κ2) is 6.37. The van der Waals surface area contributed by atoms with Gasteiger partial charge < -0.3 is 14.0 Å². The average molecular weight is 371 g/mol. The number of fused-ring (bicyclic) bond motifs is 3. The summed E-state index contributed by atoms with van der Waals surface area (Å²) in [5.74, 6) is 0.0684. The summed E-state index contributed by atoms with van der Waals surface area (Å²) in [6.07, 6.45) is 2.07. The maximum absolute atomic E-state index is 13.3. The largest absolute Gasteiger partial charge is 0.348 e. The lowest BCUT2D eigenvalue weighted by molar-refractivity contribution is -0.134. The van der Waals surface area contributed by atoms with Crippen molar-refractivity contribution < 1.29 is 4.79 Å². The van der Waals surface area contributed by atoms with Crippen molar-refractivity contribution in [2.45, 2.75) is 26.1 Å². The number of benzene rings is 2. The number of rotatable bonds is 2. The van der Waals surface area contributed by atoms with Crippen molar-refractivity contribution >= 4 is 27.7 Å². The van der Waals surface area contributed by atoms with Crippen molar-refractivity contribution in [3.63, 3.8) is 0 Å². The molecule has 5 heteroatoms. The highest BCUT2D eigenvalue weighted by Gasteiger charge is 2.27. The fraction of sp³-hybridized carbons (Fsp3) is 0.217. The molecule has 140 valence electrons. The highest BCUT2D eigenvalue weighted by molar-refractivity contribution is 5.94. The van der Waals surface area contributed by atoms with Crippen molar-refractivity contribution in [3.8, 4) is 0 Å². The maximum atomic E-state index is 13.3. The molecule has 0 unspecified atom stereocenters. The number of nitrogens with zero attached hydrogens (tertiary/aromatic N) is 3. The Morgan fingerprint density at radius 2 is 1.57 bits per heavy atom. The minimum atomic E-state index is 0.0130. The SMILES string of the molecule is C[C@@H]1c2cccn2CCN1C(=O)Cn1c2ccccc2c(=O)c2ccccc21. The lowest BCUT2D eigenvalue weighted by atomic mass is 10.1. The Balaban J connectivity index is 1.61. The van der Waals surface area contributed by atoms with Crippen LogP contribution >= 0.6 is 0 Å². The number of amides is 1. The van der Waals surface area contributed by atoms with Gasteiger partial charge in [-0.15, -0.1) is 0 Å². The average Bonchev–Trinajstić information content (AvgIpc) is 3.21. The van der Waals surface area contributed by atoms with E-state index in [2.05, 4.69) is 23.8 Å². The normalized spacial score (nSPS) is 16.5. The van der Waals surface area contributed by atoms with Gasteiger partial charge in [0, 0.05) is 35.8 Å². The van der Waals surface area contributed by atoms with Gasteiger partial charge in [0.1, 0.15) is 6.54 Å². The minimum Gasteiger partial charge on any atom is -0.348 e. The van der Waals surface area contributed by atoms with Crippen molar-refractivity contribution in [1.29, 1.82) is 0 Å². The van der Waals surface area contributed by atoms with Crippen LogP contribution in [0.1, 0.15) is 18.7 Å². The Morgan fingerprint density at radius 1 is 0.929 bits per heavy atom. The number of para-hydroxylation sites is 2. The molecule has 1 amide bonds. The molecule has 4 aromatic rings. The molecule has 0 N–H and O–H groups in total.